The van der Waals surface area contributed by atoms with E-state index in [0.717, 1.165) is 17.1 Å². The van der Waals surface area contributed by atoms with Crippen LogP contribution in [0.2, 0.25) is 10.0 Å². The van der Waals surface area contributed by atoms with Crippen LogP contribution in [0.1, 0.15) is 22.5 Å². The van der Waals surface area contributed by atoms with Gasteiger partial charge >= 0.3 is 0 Å². The van der Waals surface area contributed by atoms with Crippen LogP contribution in [0, 0.1) is 20.8 Å². The van der Waals surface area contributed by atoms with Gasteiger partial charge in [-0.1, -0.05) is 53.0 Å². The first-order chi connectivity index (χ1) is 12.8. The summed E-state index contributed by atoms with van der Waals surface area (Å²) < 4.78 is 1.97. The fourth-order valence-electron chi connectivity index (χ4n) is 2.76. The van der Waals surface area contributed by atoms with Gasteiger partial charge in [-0.3, -0.25) is 4.68 Å². The molecule has 1 aromatic heterocycles. The van der Waals surface area contributed by atoms with Gasteiger partial charge in [0, 0.05) is 5.02 Å². The van der Waals surface area contributed by atoms with Crippen molar-refractivity contribution in [3.05, 3.63) is 75.0 Å². The van der Waals surface area contributed by atoms with Gasteiger partial charge in [-0.15, -0.1) is 0 Å². The third-order valence-electron chi connectivity index (χ3n) is 4.25. The van der Waals surface area contributed by atoms with Gasteiger partial charge in [0.05, 0.1) is 34.3 Å². The van der Waals surface area contributed by atoms with E-state index in [4.69, 9.17) is 35.4 Å². The van der Waals surface area contributed by atoms with Crippen LogP contribution in [0.3, 0.4) is 0 Å². The zero-order chi connectivity index (χ0) is 19.6. The highest BCUT2D eigenvalue weighted by Crippen LogP contribution is 2.26. The van der Waals surface area contributed by atoms with Crippen molar-refractivity contribution in [3.63, 3.8) is 0 Å². The van der Waals surface area contributed by atoms with Crippen molar-refractivity contribution in [2.45, 2.75) is 27.3 Å². The van der Waals surface area contributed by atoms with Crippen molar-refractivity contribution in [2.75, 3.05) is 10.6 Å². The van der Waals surface area contributed by atoms with Crippen LogP contribution in [0.15, 0.2) is 42.5 Å². The summed E-state index contributed by atoms with van der Waals surface area (Å²) in [7, 11) is 0. The molecule has 2 aromatic carbocycles. The molecule has 0 saturated carbocycles. The highest BCUT2D eigenvalue weighted by Gasteiger charge is 2.14. The number of thiocarbonyl (C=S) groups is 1. The Morgan fingerprint density at radius 2 is 1.74 bits per heavy atom. The first-order valence-corrected chi connectivity index (χ1v) is 9.62. The molecule has 140 valence electrons. The lowest BCUT2D eigenvalue weighted by molar-refractivity contribution is 0.659. The van der Waals surface area contributed by atoms with Crippen molar-refractivity contribution in [1.29, 1.82) is 0 Å². The van der Waals surface area contributed by atoms with Gasteiger partial charge in [0.1, 0.15) is 0 Å². The predicted molar refractivity (Wildman–Crippen MR) is 118 cm³/mol. The van der Waals surface area contributed by atoms with Crippen molar-refractivity contribution in [3.8, 4) is 0 Å². The fourth-order valence-corrected chi connectivity index (χ4v) is 3.31. The topological polar surface area (TPSA) is 41.9 Å². The zero-order valence-electron chi connectivity index (χ0n) is 15.3. The van der Waals surface area contributed by atoms with Crippen molar-refractivity contribution in [2.24, 2.45) is 0 Å². The van der Waals surface area contributed by atoms with E-state index in [1.807, 2.05) is 18.5 Å². The molecule has 3 rings (SSSR count). The standard InChI is InChI=1S/C20H20Cl2N4S/c1-12-4-6-15(7-5-12)11-26-14(3)19(13(2)25-26)24-20(27)23-18-10-16(21)8-9-17(18)22/h4-10H,11H2,1-3H3,(H2,23,24,27). The van der Waals surface area contributed by atoms with Gasteiger partial charge in [0.25, 0.3) is 0 Å². The summed E-state index contributed by atoms with van der Waals surface area (Å²) >= 11 is 17.6. The van der Waals surface area contributed by atoms with Gasteiger partial charge in [-0.25, -0.2) is 0 Å². The Balaban J connectivity index is 1.75. The molecule has 0 aliphatic heterocycles. The second-order valence-electron chi connectivity index (χ2n) is 6.39. The Hall–Kier alpha value is -2.08. The Morgan fingerprint density at radius 1 is 1.04 bits per heavy atom. The van der Waals surface area contributed by atoms with E-state index < -0.39 is 0 Å². The lowest BCUT2D eigenvalue weighted by atomic mass is 10.1. The molecule has 0 fully saturated rings. The molecule has 1 heterocycles. The molecule has 7 heteroatoms. The van der Waals surface area contributed by atoms with Crippen LogP contribution in [-0.2, 0) is 6.54 Å². The van der Waals surface area contributed by atoms with E-state index in [2.05, 4.69) is 46.9 Å². The molecule has 0 bridgehead atoms. The first-order valence-electron chi connectivity index (χ1n) is 8.46. The molecule has 2 N–H and O–H groups in total. The minimum absolute atomic E-state index is 0.431. The maximum Gasteiger partial charge on any atom is 0.175 e. The van der Waals surface area contributed by atoms with Crippen LogP contribution >= 0.6 is 35.4 Å². The number of hydrogen-bond acceptors (Lipinski definition) is 2. The van der Waals surface area contributed by atoms with E-state index >= 15 is 0 Å². The Morgan fingerprint density at radius 3 is 2.44 bits per heavy atom. The molecule has 0 unspecified atom stereocenters. The average molecular weight is 419 g/mol. The Bertz CT molecular complexity index is 980. The van der Waals surface area contributed by atoms with Crippen molar-refractivity contribution >= 4 is 51.9 Å². The van der Waals surface area contributed by atoms with Gasteiger partial charge in [0.2, 0.25) is 0 Å². The molecule has 0 aliphatic carbocycles. The van der Waals surface area contributed by atoms with Crippen LogP contribution in [-0.4, -0.2) is 14.9 Å². The molecule has 0 spiro atoms. The second kappa shape index (κ2) is 8.30. The number of aryl methyl sites for hydroxylation is 2. The summed E-state index contributed by atoms with van der Waals surface area (Å²) in [5.74, 6) is 0. The molecule has 0 aliphatic rings. The molecule has 3 aromatic rings. The molecular weight excluding hydrogens is 399 g/mol. The maximum atomic E-state index is 6.19. The molecular formula is C20H20Cl2N4S. The molecule has 0 saturated heterocycles. The average Bonchev–Trinajstić information content (AvgIpc) is 2.87. The number of rotatable bonds is 4. The summed E-state index contributed by atoms with van der Waals surface area (Å²) in [5, 5.41) is 12.5. The first kappa shape index (κ1) is 19.7. The van der Waals surface area contributed by atoms with Crippen LogP contribution in [0.5, 0.6) is 0 Å². The summed E-state index contributed by atoms with van der Waals surface area (Å²) in [6, 6.07) is 13.6. The number of aromatic nitrogens is 2. The largest absolute Gasteiger partial charge is 0.331 e. The maximum absolute atomic E-state index is 6.19. The van der Waals surface area contributed by atoms with E-state index in [9.17, 15) is 0 Å². The van der Waals surface area contributed by atoms with Crippen LogP contribution in [0.25, 0.3) is 0 Å². The van der Waals surface area contributed by atoms with E-state index in [1.54, 1.807) is 18.2 Å². The monoisotopic (exact) mass is 418 g/mol. The van der Waals surface area contributed by atoms with Gasteiger partial charge in [-0.2, -0.15) is 5.10 Å². The van der Waals surface area contributed by atoms with Gasteiger partial charge in [0.15, 0.2) is 5.11 Å². The van der Waals surface area contributed by atoms with Gasteiger partial charge < -0.3 is 10.6 Å². The Kier molecular flexibility index (Phi) is 6.05. The molecule has 0 radical (unpaired) electrons. The number of anilines is 2. The number of halogens is 2. The van der Waals surface area contributed by atoms with Crippen LogP contribution in [0.4, 0.5) is 11.4 Å². The highest BCUT2D eigenvalue weighted by molar-refractivity contribution is 7.80. The highest BCUT2D eigenvalue weighted by atomic mass is 35.5. The third kappa shape index (κ3) is 4.80. The smallest absolute Gasteiger partial charge is 0.175 e. The summed E-state index contributed by atoms with van der Waals surface area (Å²) in [6.45, 7) is 6.76. The third-order valence-corrected chi connectivity index (χ3v) is 5.02. The Labute approximate surface area is 174 Å². The van der Waals surface area contributed by atoms with Gasteiger partial charge in [-0.05, 0) is 56.8 Å². The lowest BCUT2D eigenvalue weighted by Crippen LogP contribution is -2.20. The second-order valence-corrected chi connectivity index (χ2v) is 7.64. The minimum atomic E-state index is 0.431. The minimum Gasteiger partial charge on any atom is -0.331 e. The van der Waals surface area contributed by atoms with Crippen molar-refractivity contribution < 1.29 is 0 Å². The zero-order valence-corrected chi connectivity index (χ0v) is 17.6. The summed E-state index contributed by atoms with van der Waals surface area (Å²) in [4.78, 5) is 0. The molecule has 0 amide bonds. The molecule has 0 atom stereocenters. The summed E-state index contributed by atoms with van der Waals surface area (Å²) in [6.07, 6.45) is 0. The van der Waals surface area contributed by atoms with E-state index in [0.29, 0.717) is 27.4 Å². The number of nitrogens with zero attached hydrogens (tertiary/aromatic N) is 2. The number of hydrogen-bond donors (Lipinski definition) is 2. The normalized spacial score (nSPS) is 10.7. The number of nitrogens with one attached hydrogen (secondary N) is 2. The number of benzene rings is 2. The predicted octanol–water partition coefficient (Wildman–Crippen LogP) is 5.97. The molecule has 27 heavy (non-hydrogen) atoms. The van der Waals surface area contributed by atoms with E-state index in [1.165, 1.54) is 11.1 Å². The fraction of sp³-hybridized carbons (Fsp3) is 0.200. The molecule has 4 nitrogen and oxygen atoms in total. The lowest BCUT2D eigenvalue weighted by Gasteiger charge is -2.12. The van der Waals surface area contributed by atoms with Crippen LogP contribution < -0.4 is 10.6 Å². The summed E-state index contributed by atoms with van der Waals surface area (Å²) in [5.41, 5.74) is 5.87. The quantitative estimate of drug-likeness (QED) is 0.511. The SMILES string of the molecule is Cc1ccc(Cn2nc(C)c(NC(=S)Nc3cc(Cl)ccc3Cl)c2C)cc1. The van der Waals surface area contributed by atoms with E-state index in [-0.39, 0.29) is 0 Å². The van der Waals surface area contributed by atoms with Crippen molar-refractivity contribution in [1.82, 2.24) is 9.78 Å².